The largest absolute Gasteiger partial charge is 0.343 e. The molecule has 0 unspecified atom stereocenters. The second-order valence-corrected chi connectivity index (χ2v) is 6.24. The predicted octanol–water partition coefficient (Wildman–Crippen LogP) is 4.85. The van der Waals surface area contributed by atoms with E-state index in [0.29, 0.717) is 5.56 Å². The number of Topliss-reactive ketones (excluding diaryl/α,β-unsaturated/α-hetero) is 1. The molecule has 4 rings (SSSR count). The second kappa shape index (κ2) is 6.90. The van der Waals surface area contributed by atoms with Crippen LogP contribution in [0.25, 0.3) is 22.4 Å². The maximum Gasteiger partial charge on any atom is 0.220 e. The lowest BCUT2D eigenvalue weighted by molar-refractivity contribution is 0.106. The number of nitrogens with zero attached hydrogens (tertiary/aromatic N) is 1. The summed E-state index contributed by atoms with van der Waals surface area (Å²) in [6.45, 7) is 0. The van der Waals surface area contributed by atoms with Crippen LogP contribution in [0.4, 0.5) is 5.69 Å². The number of carbonyl (C=O) groups excluding carboxylic acids is 1. The van der Waals surface area contributed by atoms with E-state index in [1.807, 2.05) is 66.7 Å². The maximum absolute atomic E-state index is 12.3. The van der Waals surface area contributed by atoms with Crippen LogP contribution in [0.2, 0.25) is 0 Å². The Bertz CT molecular complexity index is 1050. The molecule has 3 aromatic carbocycles. The van der Waals surface area contributed by atoms with Gasteiger partial charge in [-0.25, -0.2) is 4.98 Å². The monoisotopic (exact) mass is 357 g/mol. The third-order valence-electron chi connectivity index (χ3n) is 4.05. The zero-order chi connectivity index (χ0) is 17.9. The molecule has 0 aliphatic rings. The first-order valence-corrected chi connectivity index (χ1v) is 8.57. The first kappa shape index (κ1) is 16.2. The normalized spacial score (nSPS) is 10.6. The Morgan fingerprint density at radius 1 is 0.885 bits per heavy atom. The Balaban J connectivity index is 1.51. The molecule has 0 radical (unpaired) electrons. The summed E-state index contributed by atoms with van der Waals surface area (Å²) >= 11 is 5.23. The highest BCUT2D eigenvalue weighted by atomic mass is 32.1. The first-order valence-electron chi connectivity index (χ1n) is 8.16. The van der Waals surface area contributed by atoms with E-state index in [9.17, 15) is 4.79 Å². The van der Waals surface area contributed by atoms with Gasteiger partial charge in [-0.15, -0.1) is 0 Å². The molecular weight excluding hydrogens is 342 g/mol. The van der Waals surface area contributed by atoms with E-state index < -0.39 is 0 Å². The molecule has 4 aromatic rings. The van der Waals surface area contributed by atoms with Crippen LogP contribution in [-0.4, -0.2) is 20.7 Å². The van der Waals surface area contributed by atoms with Crippen molar-refractivity contribution in [1.29, 1.82) is 0 Å². The first-order chi connectivity index (χ1) is 12.7. The van der Waals surface area contributed by atoms with Gasteiger partial charge in [0, 0.05) is 16.8 Å². The third kappa shape index (κ3) is 3.25. The minimum absolute atomic E-state index is 0.174. The minimum Gasteiger partial charge on any atom is -0.343 e. The number of benzene rings is 3. The van der Waals surface area contributed by atoms with Crippen molar-refractivity contribution in [2.45, 2.75) is 0 Å². The van der Waals surface area contributed by atoms with Crippen LogP contribution >= 0.6 is 12.2 Å². The van der Waals surface area contributed by atoms with Gasteiger partial charge in [-0.2, -0.15) is 0 Å². The zero-order valence-electron chi connectivity index (χ0n) is 13.8. The van der Waals surface area contributed by atoms with Crippen molar-refractivity contribution in [3.8, 4) is 11.4 Å². The molecule has 0 spiro atoms. The molecule has 1 heterocycles. The van der Waals surface area contributed by atoms with Crippen molar-refractivity contribution in [3.05, 3.63) is 84.4 Å². The highest BCUT2D eigenvalue weighted by Gasteiger charge is 2.12. The van der Waals surface area contributed by atoms with E-state index in [2.05, 4.69) is 15.3 Å². The van der Waals surface area contributed by atoms with Crippen LogP contribution in [0.1, 0.15) is 10.4 Å². The van der Waals surface area contributed by atoms with Gasteiger partial charge in [0.05, 0.1) is 11.0 Å². The van der Waals surface area contributed by atoms with Crippen molar-refractivity contribution >= 4 is 39.7 Å². The lowest BCUT2D eigenvalue weighted by atomic mass is 10.1. The average Bonchev–Trinajstić information content (AvgIpc) is 3.13. The molecule has 1 aromatic heterocycles. The maximum atomic E-state index is 12.3. The summed E-state index contributed by atoms with van der Waals surface area (Å²) in [4.78, 5) is 20.4. The zero-order valence-corrected chi connectivity index (χ0v) is 14.6. The molecule has 0 bridgehead atoms. The number of nitrogens with one attached hydrogen (secondary N) is 2. The van der Waals surface area contributed by atoms with E-state index >= 15 is 0 Å². The third-order valence-corrected chi connectivity index (χ3v) is 4.34. The van der Waals surface area contributed by atoms with E-state index in [0.717, 1.165) is 28.1 Å². The quantitative estimate of drug-likeness (QED) is 0.405. The number of rotatable bonds is 4. The van der Waals surface area contributed by atoms with Gasteiger partial charge in [0.2, 0.25) is 5.78 Å². The SMILES string of the molecule is O=C(C(=S)Nc1ccc(-c2nc3ccccc3[nH]2)cc1)c1ccccc1. The van der Waals surface area contributed by atoms with Crippen LogP contribution in [0.5, 0.6) is 0 Å². The van der Waals surface area contributed by atoms with Crippen LogP contribution < -0.4 is 5.32 Å². The average molecular weight is 357 g/mol. The molecule has 0 amide bonds. The Hall–Kier alpha value is -3.31. The summed E-state index contributed by atoms with van der Waals surface area (Å²) in [6.07, 6.45) is 0. The standard InChI is InChI=1S/C21H15N3OS/c25-19(14-6-2-1-3-7-14)21(26)22-16-12-10-15(11-13-16)20-23-17-8-4-5-9-18(17)24-20/h1-13H,(H,22,26)(H,23,24). The number of hydrogen-bond acceptors (Lipinski definition) is 3. The Kier molecular flexibility index (Phi) is 4.29. The Labute approximate surface area is 155 Å². The summed E-state index contributed by atoms with van der Waals surface area (Å²) in [5.41, 5.74) is 4.23. The number of thiocarbonyl (C=S) groups is 1. The van der Waals surface area contributed by atoms with E-state index in [-0.39, 0.29) is 10.8 Å². The number of H-pyrrole nitrogens is 1. The molecule has 126 valence electrons. The van der Waals surface area contributed by atoms with Crippen molar-refractivity contribution in [1.82, 2.24) is 9.97 Å². The van der Waals surface area contributed by atoms with Crippen LogP contribution in [0, 0.1) is 0 Å². The van der Waals surface area contributed by atoms with Gasteiger partial charge < -0.3 is 10.3 Å². The Morgan fingerprint density at radius 2 is 1.58 bits per heavy atom. The number of para-hydroxylation sites is 2. The van der Waals surface area contributed by atoms with Crippen molar-refractivity contribution in [3.63, 3.8) is 0 Å². The summed E-state index contributed by atoms with van der Waals surface area (Å²) in [6, 6.07) is 24.6. The number of hydrogen-bond donors (Lipinski definition) is 2. The van der Waals surface area contributed by atoms with Crippen molar-refractivity contribution < 1.29 is 4.79 Å². The van der Waals surface area contributed by atoms with Gasteiger partial charge >= 0.3 is 0 Å². The van der Waals surface area contributed by atoms with Gasteiger partial charge in [-0.3, -0.25) is 4.79 Å². The number of ketones is 1. The predicted molar refractivity (Wildman–Crippen MR) is 109 cm³/mol. The topological polar surface area (TPSA) is 57.8 Å². The molecule has 0 aliphatic heterocycles. The highest BCUT2D eigenvalue weighted by Crippen LogP contribution is 2.22. The number of anilines is 1. The van der Waals surface area contributed by atoms with E-state index in [4.69, 9.17) is 12.2 Å². The number of fused-ring (bicyclic) bond motifs is 1. The molecular formula is C21H15N3OS. The fourth-order valence-electron chi connectivity index (χ4n) is 2.71. The van der Waals surface area contributed by atoms with E-state index in [1.165, 1.54) is 0 Å². The molecule has 2 N–H and O–H groups in total. The van der Waals surface area contributed by atoms with E-state index in [1.54, 1.807) is 12.1 Å². The summed E-state index contributed by atoms with van der Waals surface area (Å²) in [5, 5.41) is 3.00. The number of aromatic nitrogens is 2. The number of carbonyl (C=O) groups is 1. The molecule has 26 heavy (non-hydrogen) atoms. The molecule has 0 aliphatic carbocycles. The molecule has 0 atom stereocenters. The van der Waals surface area contributed by atoms with Crippen LogP contribution in [-0.2, 0) is 0 Å². The molecule has 4 nitrogen and oxygen atoms in total. The summed E-state index contributed by atoms with van der Waals surface area (Å²) < 4.78 is 0. The second-order valence-electron chi connectivity index (χ2n) is 5.83. The number of imidazole rings is 1. The smallest absolute Gasteiger partial charge is 0.220 e. The van der Waals surface area contributed by atoms with Gasteiger partial charge in [0.15, 0.2) is 4.99 Å². The highest BCUT2D eigenvalue weighted by molar-refractivity contribution is 7.82. The summed E-state index contributed by atoms with van der Waals surface area (Å²) in [7, 11) is 0. The van der Waals surface area contributed by atoms with Crippen LogP contribution in [0.15, 0.2) is 78.9 Å². The lowest BCUT2D eigenvalue weighted by Crippen LogP contribution is -2.20. The molecule has 0 saturated carbocycles. The van der Waals surface area contributed by atoms with Gasteiger partial charge in [0.25, 0.3) is 0 Å². The fourth-order valence-corrected chi connectivity index (χ4v) is 2.95. The Morgan fingerprint density at radius 3 is 2.31 bits per heavy atom. The van der Waals surface area contributed by atoms with Crippen molar-refractivity contribution in [2.75, 3.05) is 5.32 Å². The van der Waals surface area contributed by atoms with Gasteiger partial charge in [0.1, 0.15) is 5.82 Å². The van der Waals surface area contributed by atoms with Crippen molar-refractivity contribution in [2.24, 2.45) is 0 Å². The number of aromatic amines is 1. The lowest BCUT2D eigenvalue weighted by Gasteiger charge is -2.07. The minimum atomic E-state index is -0.193. The van der Waals surface area contributed by atoms with Crippen LogP contribution in [0.3, 0.4) is 0 Å². The van der Waals surface area contributed by atoms with Gasteiger partial charge in [-0.05, 0) is 36.4 Å². The fraction of sp³-hybridized carbons (Fsp3) is 0. The molecule has 0 fully saturated rings. The molecule has 0 saturated heterocycles. The van der Waals surface area contributed by atoms with Gasteiger partial charge in [-0.1, -0.05) is 54.7 Å². The molecule has 5 heteroatoms. The summed E-state index contributed by atoms with van der Waals surface area (Å²) in [5.74, 6) is 0.614.